The molecule has 0 saturated heterocycles. The molecule has 0 aliphatic heterocycles. The van der Waals surface area contributed by atoms with E-state index in [0.717, 1.165) is 16.5 Å². The molecule has 0 heterocycles. The summed E-state index contributed by atoms with van der Waals surface area (Å²) in [6.07, 6.45) is 0. The maximum absolute atomic E-state index is 10.6. The SMILES string of the molecule is CC(=O)NCC#Cc1ccccc1CBr. The Morgan fingerprint density at radius 1 is 1.47 bits per heavy atom. The third-order valence-corrected chi connectivity index (χ3v) is 2.41. The van der Waals surface area contributed by atoms with Crippen molar-refractivity contribution in [1.82, 2.24) is 5.32 Å². The topological polar surface area (TPSA) is 29.1 Å². The van der Waals surface area contributed by atoms with Crippen LogP contribution in [0.1, 0.15) is 18.1 Å². The highest BCUT2D eigenvalue weighted by Crippen LogP contribution is 2.10. The fraction of sp³-hybridized carbons (Fsp3) is 0.250. The fourth-order valence-corrected chi connectivity index (χ4v) is 1.56. The zero-order valence-electron chi connectivity index (χ0n) is 8.51. The van der Waals surface area contributed by atoms with Crippen molar-refractivity contribution >= 4 is 21.8 Å². The Hall–Kier alpha value is -1.27. The number of hydrogen-bond acceptors (Lipinski definition) is 1. The van der Waals surface area contributed by atoms with E-state index in [4.69, 9.17) is 0 Å². The summed E-state index contributed by atoms with van der Waals surface area (Å²) in [5.74, 6) is 5.87. The van der Waals surface area contributed by atoms with Gasteiger partial charge in [0.2, 0.25) is 5.91 Å². The van der Waals surface area contributed by atoms with Crippen LogP contribution in [0.25, 0.3) is 0 Å². The molecule has 0 saturated carbocycles. The average molecular weight is 266 g/mol. The Labute approximate surface area is 98.2 Å². The van der Waals surface area contributed by atoms with E-state index < -0.39 is 0 Å². The number of halogens is 1. The third kappa shape index (κ3) is 4.18. The average Bonchev–Trinajstić information content (AvgIpc) is 2.24. The van der Waals surface area contributed by atoms with Crippen molar-refractivity contribution in [3.63, 3.8) is 0 Å². The molecule has 0 aliphatic carbocycles. The fourth-order valence-electron chi connectivity index (χ4n) is 1.07. The summed E-state index contributed by atoms with van der Waals surface area (Å²) in [4.78, 5) is 10.6. The van der Waals surface area contributed by atoms with Gasteiger partial charge in [-0.15, -0.1) is 0 Å². The Morgan fingerprint density at radius 3 is 2.87 bits per heavy atom. The first kappa shape index (κ1) is 11.8. The Kier molecular flexibility index (Phi) is 4.92. The predicted octanol–water partition coefficient (Wildman–Crippen LogP) is 2.07. The van der Waals surface area contributed by atoms with E-state index in [-0.39, 0.29) is 5.91 Å². The molecule has 0 spiro atoms. The highest BCUT2D eigenvalue weighted by molar-refractivity contribution is 9.08. The van der Waals surface area contributed by atoms with E-state index in [0.29, 0.717) is 6.54 Å². The minimum absolute atomic E-state index is 0.0573. The number of carbonyl (C=O) groups excluding carboxylic acids is 1. The lowest BCUT2D eigenvalue weighted by Crippen LogP contribution is -2.19. The monoisotopic (exact) mass is 265 g/mol. The van der Waals surface area contributed by atoms with Crippen LogP contribution < -0.4 is 5.32 Å². The summed E-state index contributed by atoms with van der Waals surface area (Å²) in [5.41, 5.74) is 2.16. The van der Waals surface area contributed by atoms with Gasteiger partial charge in [0.05, 0.1) is 6.54 Å². The van der Waals surface area contributed by atoms with Crippen molar-refractivity contribution in [3.8, 4) is 11.8 Å². The number of carbonyl (C=O) groups is 1. The molecule has 1 rings (SSSR count). The van der Waals surface area contributed by atoms with Gasteiger partial charge in [-0.3, -0.25) is 4.79 Å². The summed E-state index contributed by atoms with van der Waals surface area (Å²) in [5, 5.41) is 3.42. The number of amides is 1. The number of rotatable bonds is 2. The molecular formula is C12H12BrNO. The minimum Gasteiger partial charge on any atom is -0.345 e. The number of nitrogens with one attached hydrogen (secondary N) is 1. The Bertz CT molecular complexity index is 404. The van der Waals surface area contributed by atoms with E-state index in [1.807, 2.05) is 24.3 Å². The van der Waals surface area contributed by atoms with Crippen LogP contribution in [0.5, 0.6) is 0 Å². The standard InChI is InChI=1S/C12H12BrNO/c1-10(15)14-8-4-7-11-5-2-3-6-12(11)9-13/h2-3,5-6H,8-9H2,1H3,(H,14,15). The molecule has 0 fully saturated rings. The summed E-state index contributed by atoms with van der Waals surface area (Å²) < 4.78 is 0. The lowest BCUT2D eigenvalue weighted by atomic mass is 10.1. The molecule has 1 amide bonds. The van der Waals surface area contributed by atoms with Crippen molar-refractivity contribution in [1.29, 1.82) is 0 Å². The van der Waals surface area contributed by atoms with E-state index >= 15 is 0 Å². The van der Waals surface area contributed by atoms with Gasteiger partial charge in [0.1, 0.15) is 0 Å². The first-order valence-electron chi connectivity index (χ1n) is 4.61. The van der Waals surface area contributed by atoms with Crippen LogP contribution >= 0.6 is 15.9 Å². The Balaban J connectivity index is 2.66. The van der Waals surface area contributed by atoms with Gasteiger partial charge in [0, 0.05) is 17.8 Å². The van der Waals surface area contributed by atoms with Crippen molar-refractivity contribution in [2.45, 2.75) is 12.3 Å². The molecule has 0 atom stereocenters. The van der Waals surface area contributed by atoms with Crippen LogP contribution in [0.3, 0.4) is 0 Å². The van der Waals surface area contributed by atoms with Crippen molar-refractivity contribution < 1.29 is 4.79 Å². The van der Waals surface area contributed by atoms with E-state index in [1.165, 1.54) is 6.92 Å². The molecule has 0 aliphatic rings. The second kappa shape index (κ2) is 6.26. The normalized spacial score (nSPS) is 8.93. The minimum atomic E-state index is -0.0573. The second-order valence-electron chi connectivity index (χ2n) is 3.00. The highest BCUT2D eigenvalue weighted by Gasteiger charge is 1.95. The van der Waals surface area contributed by atoms with Crippen molar-refractivity contribution in [2.75, 3.05) is 6.54 Å². The molecule has 1 aromatic rings. The molecule has 0 unspecified atom stereocenters. The quantitative estimate of drug-likeness (QED) is 0.644. The van der Waals surface area contributed by atoms with Crippen molar-refractivity contribution in [3.05, 3.63) is 35.4 Å². The van der Waals surface area contributed by atoms with Crippen LogP contribution in [0.2, 0.25) is 0 Å². The predicted molar refractivity (Wildman–Crippen MR) is 64.6 cm³/mol. The van der Waals surface area contributed by atoms with Gasteiger partial charge >= 0.3 is 0 Å². The van der Waals surface area contributed by atoms with Gasteiger partial charge in [-0.25, -0.2) is 0 Å². The summed E-state index contributed by atoms with van der Waals surface area (Å²) in [6.45, 7) is 1.88. The molecule has 3 heteroatoms. The Morgan fingerprint density at radius 2 is 2.20 bits per heavy atom. The maximum atomic E-state index is 10.6. The van der Waals surface area contributed by atoms with Crippen molar-refractivity contribution in [2.24, 2.45) is 0 Å². The molecule has 0 radical (unpaired) electrons. The van der Waals surface area contributed by atoms with Crippen LogP contribution in [0, 0.1) is 11.8 Å². The molecule has 78 valence electrons. The first-order valence-corrected chi connectivity index (χ1v) is 5.73. The van der Waals surface area contributed by atoms with Gasteiger partial charge < -0.3 is 5.32 Å². The number of hydrogen-bond donors (Lipinski definition) is 1. The molecular weight excluding hydrogens is 254 g/mol. The maximum Gasteiger partial charge on any atom is 0.217 e. The molecule has 1 aromatic carbocycles. The number of alkyl halides is 1. The van der Waals surface area contributed by atoms with Crippen LogP contribution in [-0.2, 0) is 10.1 Å². The molecule has 1 N–H and O–H groups in total. The lowest BCUT2D eigenvalue weighted by Gasteiger charge is -1.98. The van der Waals surface area contributed by atoms with Crippen LogP contribution in [0.4, 0.5) is 0 Å². The van der Waals surface area contributed by atoms with E-state index in [1.54, 1.807) is 0 Å². The third-order valence-electron chi connectivity index (χ3n) is 1.81. The van der Waals surface area contributed by atoms with Gasteiger partial charge in [0.15, 0.2) is 0 Å². The zero-order chi connectivity index (χ0) is 11.1. The van der Waals surface area contributed by atoms with E-state index in [9.17, 15) is 4.79 Å². The largest absolute Gasteiger partial charge is 0.345 e. The van der Waals surface area contributed by atoms with Gasteiger partial charge in [-0.2, -0.15) is 0 Å². The van der Waals surface area contributed by atoms with Crippen LogP contribution in [0.15, 0.2) is 24.3 Å². The molecule has 0 bridgehead atoms. The summed E-state index contributed by atoms with van der Waals surface area (Å²) in [7, 11) is 0. The van der Waals surface area contributed by atoms with Gasteiger partial charge in [-0.1, -0.05) is 46.0 Å². The molecule has 2 nitrogen and oxygen atoms in total. The molecule has 0 aromatic heterocycles. The number of benzene rings is 1. The van der Waals surface area contributed by atoms with Gasteiger partial charge in [-0.05, 0) is 11.6 Å². The smallest absolute Gasteiger partial charge is 0.217 e. The second-order valence-corrected chi connectivity index (χ2v) is 3.56. The highest BCUT2D eigenvalue weighted by atomic mass is 79.9. The van der Waals surface area contributed by atoms with E-state index in [2.05, 4.69) is 33.1 Å². The summed E-state index contributed by atoms with van der Waals surface area (Å²) in [6, 6.07) is 7.93. The lowest BCUT2D eigenvalue weighted by molar-refractivity contribution is -0.118. The van der Waals surface area contributed by atoms with Crippen LogP contribution in [-0.4, -0.2) is 12.5 Å². The first-order chi connectivity index (χ1) is 7.24. The summed E-state index contributed by atoms with van der Waals surface area (Å²) >= 11 is 3.40. The molecule has 15 heavy (non-hydrogen) atoms. The zero-order valence-corrected chi connectivity index (χ0v) is 10.1. The van der Waals surface area contributed by atoms with Gasteiger partial charge in [0.25, 0.3) is 0 Å².